The number of aliphatic hydroxyl groups is 2. The molecule has 34 heavy (non-hydrogen) atoms. The van der Waals surface area contributed by atoms with Gasteiger partial charge in [0.25, 0.3) is 0 Å². The van der Waals surface area contributed by atoms with Gasteiger partial charge in [0.1, 0.15) is 6.29 Å². The third-order valence-corrected chi connectivity index (χ3v) is 5.63. The van der Waals surface area contributed by atoms with Gasteiger partial charge in [-0.3, -0.25) is 14.8 Å². The van der Waals surface area contributed by atoms with Crippen LogP contribution >= 0.6 is 11.6 Å². The second kappa shape index (κ2) is 19.2. The third kappa shape index (κ3) is 13.6. The molecule has 0 fully saturated rings. The zero-order chi connectivity index (χ0) is 25.0. The van der Waals surface area contributed by atoms with E-state index in [1.807, 2.05) is 31.2 Å². The SMILES string of the molecule is CC1=CC(OCCCC2CCN=CN/C=C(/Cl)C=NCC2)C=CC=C1C=O.CNC(CO)CO. The zero-order valence-corrected chi connectivity index (χ0v) is 21.0. The fourth-order valence-corrected chi connectivity index (χ4v) is 3.37. The van der Waals surface area contributed by atoms with Crippen molar-refractivity contribution in [3.8, 4) is 0 Å². The van der Waals surface area contributed by atoms with E-state index in [-0.39, 0.29) is 25.4 Å². The summed E-state index contributed by atoms with van der Waals surface area (Å²) in [6.07, 6.45) is 17.6. The predicted molar refractivity (Wildman–Crippen MR) is 140 cm³/mol. The second-order valence-electron chi connectivity index (χ2n) is 8.01. The number of ether oxygens (including phenoxy) is 1. The molecule has 0 spiro atoms. The van der Waals surface area contributed by atoms with E-state index in [1.165, 1.54) is 0 Å². The summed E-state index contributed by atoms with van der Waals surface area (Å²) >= 11 is 6.00. The van der Waals surface area contributed by atoms with E-state index in [4.69, 9.17) is 26.6 Å². The smallest absolute Gasteiger partial charge is 0.150 e. The van der Waals surface area contributed by atoms with Gasteiger partial charge in [0.15, 0.2) is 0 Å². The Hall–Kier alpha value is -2.10. The van der Waals surface area contributed by atoms with Gasteiger partial charge in [-0.05, 0) is 57.2 Å². The van der Waals surface area contributed by atoms with E-state index in [9.17, 15) is 4.79 Å². The van der Waals surface area contributed by atoms with Crippen molar-refractivity contribution >= 4 is 30.4 Å². The molecule has 8 nitrogen and oxygen atoms in total. The molecule has 190 valence electrons. The van der Waals surface area contributed by atoms with Gasteiger partial charge in [-0.1, -0.05) is 29.8 Å². The van der Waals surface area contributed by atoms with Crippen LogP contribution in [0.5, 0.6) is 0 Å². The summed E-state index contributed by atoms with van der Waals surface area (Å²) in [4.78, 5) is 19.7. The standard InChI is InChI=1S/C21H28ClN3O2.C4H11NO2/c1-17-12-21(6-2-5-19(17)15-26)27-11-3-4-18-7-9-23-13-20(22)14-25-16-24-10-8-18;1-5-4(2-6)3-7/h2,5-6,12-16,18,21H,3-4,7-11H2,1H3,(H,24,25);4-7H,2-3H2,1H3/b20-14+,23-13?;. The first-order chi connectivity index (χ1) is 16.5. The molecule has 0 amide bonds. The van der Waals surface area contributed by atoms with Crippen molar-refractivity contribution in [1.82, 2.24) is 10.6 Å². The number of rotatable bonds is 9. The molecule has 2 rings (SSSR count). The van der Waals surface area contributed by atoms with Crippen LogP contribution in [0.4, 0.5) is 0 Å². The summed E-state index contributed by atoms with van der Waals surface area (Å²) in [7, 11) is 1.69. The maximum absolute atomic E-state index is 11.0. The number of hydrogen-bond acceptors (Lipinski definition) is 8. The largest absolute Gasteiger partial charge is 0.395 e. The molecule has 0 saturated heterocycles. The normalized spacial score (nSPS) is 22.6. The number of carbonyl (C=O) groups is 1. The van der Waals surface area contributed by atoms with E-state index in [0.717, 1.165) is 50.6 Å². The van der Waals surface area contributed by atoms with Crippen molar-refractivity contribution in [1.29, 1.82) is 0 Å². The van der Waals surface area contributed by atoms with Crippen molar-refractivity contribution in [2.24, 2.45) is 15.9 Å². The maximum Gasteiger partial charge on any atom is 0.150 e. The predicted octanol–water partition coefficient (Wildman–Crippen LogP) is 2.53. The quantitative estimate of drug-likeness (QED) is 0.289. The van der Waals surface area contributed by atoms with Crippen LogP contribution in [0, 0.1) is 5.92 Å². The number of carbonyl (C=O) groups excluding carboxylic acids is 1. The summed E-state index contributed by atoms with van der Waals surface area (Å²) in [5.74, 6) is 0.565. The number of allylic oxidation sites excluding steroid dienone is 5. The number of hydrogen-bond donors (Lipinski definition) is 4. The fourth-order valence-electron chi connectivity index (χ4n) is 3.24. The second-order valence-corrected chi connectivity index (χ2v) is 8.45. The first-order valence-corrected chi connectivity index (χ1v) is 12.0. The first kappa shape index (κ1) is 29.9. The molecule has 1 aliphatic heterocycles. The lowest BCUT2D eigenvalue weighted by Gasteiger charge is -2.16. The average molecular weight is 495 g/mol. The molecule has 0 bridgehead atoms. The molecule has 0 saturated carbocycles. The lowest BCUT2D eigenvalue weighted by atomic mass is 9.96. The van der Waals surface area contributed by atoms with Crippen LogP contribution in [0.2, 0.25) is 0 Å². The Morgan fingerprint density at radius 1 is 1.29 bits per heavy atom. The third-order valence-electron chi connectivity index (χ3n) is 5.42. The van der Waals surface area contributed by atoms with Gasteiger partial charge < -0.3 is 25.6 Å². The molecule has 2 atom stereocenters. The van der Waals surface area contributed by atoms with Crippen LogP contribution in [0.3, 0.4) is 0 Å². The summed E-state index contributed by atoms with van der Waals surface area (Å²) in [6.45, 7) is 4.17. The van der Waals surface area contributed by atoms with Crippen molar-refractivity contribution in [2.75, 3.05) is 40.0 Å². The molecule has 0 aromatic carbocycles. The van der Waals surface area contributed by atoms with Crippen molar-refractivity contribution in [3.63, 3.8) is 0 Å². The van der Waals surface area contributed by atoms with E-state index in [2.05, 4.69) is 20.6 Å². The minimum Gasteiger partial charge on any atom is -0.395 e. The molecule has 2 unspecified atom stereocenters. The summed E-state index contributed by atoms with van der Waals surface area (Å²) in [5, 5.41) is 22.8. The Labute approximate surface area is 208 Å². The van der Waals surface area contributed by atoms with Crippen LogP contribution in [0.25, 0.3) is 0 Å². The Bertz CT molecular complexity index is 753. The number of aldehydes is 1. The molecule has 1 aliphatic carbocycles. The van der Waals surface area contributed by atoms with Gasteiger partial charge in [0.05, 0.1) is 36.7 Å². The number of aliphatic imine (C=N–C) groups is 2. The Kier molecular flexibility index (Phi) is 16.9. The number of halogens is 1. The molecule has 0 aromatic heterocycles. The minimum atomic E-state index is -0.153. The Balaban J connectivity index is 0.000000718. The highest BCUT2D eigenvalue weighted by Gasteiger charge is 2.11. The van der Waals surface area contributed by atoms with Crippen LogP contribution in [-0.4, -0.2) is 81.2 Å². The highest BCUT2D eigenvalue weighted by atomic mass is 35.5. The molecule has 2 aliphatic rings. The zero-order valence-electron chi connectivity index (χ0n) is 20.2. The van der Waals surface area contributed by atoms with Crippen molar-refractivity contribution in [3.05, 3.63) is 46.7 Å². The molecule has 1 heterocycles. The lowest BCUT2D eigenvalue weighted by Crippen LogP contribution is -2.32. The fraction of sp³-hybridized carbons (Fsp3) is 0.560. The summed E-state index contributed by atoms with van der Waals surface area (Å²) in [5.41, 5.74) is 1.66. The highest BCUT2D eigenvalue weighted by Crippen LogP contribution is 2.18. The molecule has 0 radical (unpaired) electrons. The monoisotopic (exact) mass is 494 g/mol. The van der Waals surface area contributed by atoms with Gasteiger partial charge in [-0.15, -0.1) is 0 Å². The van der Waals surface area contributed by atoms with Gasteiger partial charge >= 0.3 is 0 Å². The molecule has 4 N–H and O–H groups in total. The minimum absolute atomic E-state index is 0.00694. The van der Waals surface area contributed by atoms with Crippen LogP contribution in [0.1, 0.15) is 32.6 Å². The molecule has 9 heteroatoms. The number of aliphatic hydroxyl groups excluding tert-OH is 2. The van der Waals surface area contributed by atoms with E-state index in [0.29, 0.717) is 23.1 Å². The van der Waals surface area contributed by atoms with Crippen molar-refractivity contribution < 1.29 is 19.7 Å². The van der Waals surface area contributed by atoms with Gasteiger partial charge in [0.2, 0.25) is 0 Å². The lowest BCUT2D eigenvalue weighted by molar-refractivity contribution is -0.104. The van der Waals surface area contributed by atoms with Gasteiger partial charge in [-0.2, -0.15) is 0 Å². The molecular formula is C25H39ClN4O4. The molecular weight excluding hydrogens is 456 g/mol. The van der Waals surface area contributed by atoms with Crippen LogP contribution in [-0.2, 0) is 9.53 Å². The van der Waals surface area contributed by atoms with Crippen molar-refractivity contribution in [2.45, 2.75) is 44.8 Å². The summed E-state index contributed by atoms with van der Waals surface area (Å²) in [6, 6.07) is -0.153. The maximum atomic E-state index is 11.0. The molecule has 0 aromatic rings. The number of nitrogens with one attached hydrogen (secondary N) is 2. The van der Waals surface area contributed by atoms with Crippen LogP contribution < -0.4 is 10.6 Å². The van der Waals surface area contributed by atoms with E-state index in [1.54, 1.807) is 25.8 Å². The van der Waals surface area contributed by atoms with E-state index >= 15 is 0 Å². The first-order valence-electron chi connectivity index (χ1n) is 11.7. The summed E-state index contributed by atoms with van der Waals surface area (Å²) < 4.78 is 5.96. The van der Waals surface area contributed by atoms with Gasteiger partial charge in [-0.25, -0.2) is 0 Å². The van der Waals surface area contributed by atoms with E-state index < -0.39 is 0 Å². The van der Waals surface area contributed by atoms with Crippen LogP contribution in [0.15, 0.2) is 56.7 Å². The number of nitrogens with zero attached hydrogens (tertiary/aromatic N) is 2. The van der Waals surface area contributed by atoms with Gasteiger partial charge in [0, 0.05) is 37.7 Å². The topological polar surface area (TPSA) is 116 Å². The Morgan fingerprint density at radius 3 is 2.68 bits per heavy atom. The highest BCUT2D eigenvalue weighted by molar-refractivity contribution is 6.39. The number of likely N-dealkylation sites (N-methyl/N-ethyl adjacent to an activating group) is 1. The Morgan fingerprint density at radius 2 is 2.03 bits per heavy atom. The average Bonchev–Trinajstić information content (AvgIpc) is 3.02.